The molecule has 0 unspecified atom stereocenters. The number of pyridine rings is 1. The molecule has 1 saturated heterocycles. The van der Waals surface area contributed by atoms with E-state index in [0.717, 1.165) is 31.4 Å². The summed E-state index contributed by atoms with van der Waals surface area (Å²) in [4.78, 5) is 18.6. The number of amides is 1. The number of aryl methyl sites for hydroxylation is 1. The minimum absolute atomic E-state index is 0.0163. The number of aliphatic hydroxyl groups is 1. The Kier molecular flexibility index (Phi) is 4.45. The molecule has 1 N–H and O–H groups in total. The van der Waals surface area contributed by atoms with E-state index >= 15 is 0 Å². The molecule has 5 nitrogen and oxygen atoms in total. The Morgan fingerprint density at radius 1 is 1.55 bits per heavy atom. The largest absolute Gasteiger partial charge is 0.393 e. The molecule has 1 aromatic heterocycles. The van der Waals surface area contributed by atoms with Gasteiger partial charge in [-0.25, -0.2) is 0 Å². The number of carbonyl (C=O) groups is 1. The minimum atomic E-state index is -0.319. The molecular weight excluding hydrogens is 280 g/mol. The topological polar surface area (TPSA) is 62.7 Å². The normalized spacial score (nSPS) is 31.1. The van der Waals surface area contributed by atoms with Gasteiger partial charge in [0.25, 0.3) is 0 Å². The molecule has 1 aromatic rings. The number of ether oxygens (including phenoxy) is 1. The molecule has 120 valence electrons. The van der Waals surface area contributed by atoms with E-state index < -0.39 is 0 Å². The van der Waals surface area contributed by atoms with E-state index in [1.54, 1.807) is 19.5 Å². The summed E-state index contributed by atoms with van der Waals surface area (Å²) in [6, 6.07) is 3.90. The van der Waals surface area contributed by atoms with Gasteiger partial charge in [-0.3, -0.25) is 9.78 Å². The van der Waals surface area contributed by atoms with Gasteiger partial charge in [0, 0.05) is 32.5 Å². The molecule has 0 spiro atoms. The Hall–Kier alpha value is -1.46. The van der Waals surface area contributed by atoms with E-state index in [1.165, 1.54) is 0 Å². The van der Waals surface area contributed by atoms with Crippen LogP contribution in [0.2, 0.25) is 0 Å². The van der Waals surface area contributed by atoms with Crippen LogP contribution in [0.4, 0.5) is 0 Å². The highest BCUT2D eigenvalue weighted by Crippen LogP contribution is 2.42. The number of hydrogen-bond donors (Lipinski definition) is 1. The highest BCUT2D eigenvalue weighted by atomic mass is 16.5. The maximum Gasteiger partial charge on any atom is 0.223 e. The molecule has 1 amide bonds. The average molecular weight is 304 g/mol. The Morgan fingerprint density at radius 2 is 2.41 bits per heavy atom. The third-order valence-corrected chi connectivity index (χ3v) is 5.23. The number of nitrogens with zero attached hydrogens (tertiary/aromatic N) is 2. The maximum atomic E-state index is 12.6. The van der Waals surface area contributed by atoms with Crippen molar-refractivity contribution in [3.63, 3.8) is 0 Å². The van der Waals surface area contributed by atoms with E-state index in [9.17, 15) is 9.90 Å². The van der Waals surface area contributed by atoms with Gasteiger partial charge in [0.15, 0.2) is 0 Å². The van der Waals surface area contributed by atoms with Gasteiger partial charge in [-0.05, 0) is 43.7 Å². The van der Waals surface area contributed by atoms with E-state index in [1.807, 2.05) is 17.0 Å². The number of likely N-dealkylation sites (tertiary alicyclic amines) is 1. The lowest BCUT2D eigenvalue weighted by Gasteiger charge is -2.42. The molecule has 0 bridgehead atoms. The highest BCUT2D eigenvalue weighted by molar-refractivity contribution is 5.77. The van der Waals surface area contributed by atoms with Crippen molar-refractivity contribution in [2.75, 3.05) is 13.7 Å². The molecule has 2 fully saturated rings. The lowest BCUT2D eigenvalue weighted by atomic mass is 9.79. The zero-order chi connectivity index (χ0) is 15.6. The molecule has 5 heteroatoms. The molecule has 22 heavy (non-hydrogen) atoms. The molecular formula is C17H24N2O3. The number of fused-ring (bicyclic) bond motifs is 1. The number of aliphatic hydroxyl groups excluding tert-OH is 1. The first kappa shape index (κ1) is 15.4. The fraction of sp³-hybridized carbons (Fsp3) is 0.647. The van der Waals surface area contributed by atoms with Crippen molar-refractivity contribution >= 4 is 5.91 Å². The minimum Gasteiger partial charge on any atom is -0.393 e. The molecule has 1 saturated carbocycles. The van der Waals surface area contributed by atoms with Crippen LogP contribution >= 0.6 is 0 Å². The number of hydrogen-bond acceptors (Lipinski definition) is 4. The average Bonchev–Trinajstić information content (AvgIpc) is 2.93. The van der Waals surface area contributed by atoms with Gasteiger partial charge in [0.2, 0.25) is 5.91 Å². The van der Waals surface area contributed by atoms with Gasteiger partial charge in [-0.2, -0.15) is 0 Å². The molecule has 3 rings (SSSR count). The number of carbonyl (C=O) groups excluding carboxylic acids is 1. The fourth-order valence-electron chi connectivity index (χ4n) is 3.92. The van der Waals surface area contributed by atoms with Crippen molar-refractivity contribution in [1.29, 1.82) is 0 Å². The van der Waals surface area contributed by atoms with Crippen molar-refractivity contribution in [1.82, 2.24) is 9.88 Å². The van der Waals surface area contributed by atoms with Gasteiger partial charge < -0.3 is 14.7 Å². The van der Waals surface area contributed by atoms with E-state index in [4.69, 9.17) is 4.74 Å². The van der Waals surface area contributed by atoms with Crippen LogP contribution in [0.3, 0.4) is 0 Å². The zero-order valence-electron chi connectivity index (χ0n) is 13.1. The van der Waals surface area contributed by atoms with Gasteiger partial charge in [-0.1, -0.05) is 6.07 Å². The summed E-state index contributed by atoms with van der Waals surface area (Å²) in [5.74, 6) is 0.155. The fourth-order valence-corrected chi connectivity index (χ4v) is 3.92. The first-order chi connectivity index (χ1) is 10.6. The molecule has 2 heterocycles. The molecule has 2 aliphatic rings. The first-order valence-corrected chi connectivity index (χ1v) is 8.06. The van der Waals surface area contributed by atoms with Crippen molar-refractivity contribution in [2.45, 2.75) is 56.3 Å². The number of methoxy groups -OCH3 is 1. The Morgan fingerprint density at radius 3 is 3.14 bits per heavy atom. The van der Waals surface area contributed by atoms with Crippen LogP contribution in [0, 0.1) is 0 Å². The van der Waals surface area contributed by atoms with Crippen molar-refractivity contribution in [3.8, 4) is 0 Å². The summed E-state index contributed by atoms with van der Waals surface area (Å²) in [6.45, 7) is 0.733. The lowest BCUT2D eigenvalue weighted by Crippen LogP contribution is -2.52. The van der Waals surface area contributed by atoms with Crippen molar-refractivity contribution < 1.29 is 14.6 Å². The molecule has 3 atom stereocenters. The van der Waals surface area contributed by atoms with Gasteiger partial charge >= 0.3 is 0 Å². The maximum absolute atomic E-state index is 12.6. The van der Waals surface area contributed by atoms with Crippen molar-refractivity contribution in [3.05, 3.63) is 30.1 Å². The third kappa shape index (κ3) is 2.88. The van der Waals surface area contributed by atoms with Gasteiger partial charge in [0.1, 0.15) is 0 Å². The second-order valence-corrected chi connectivity index (χ2v) is 6.41. The van der Waals surface area contributed by atoms with Crippen LogP contribution in [-0.4, -0.2) is 52.3 Å². The zero-order valence-corrected chi connectivity index (χ0v) is 13.1. The summed E-state index contributed by atoms with van der Waals surface area (Å²) in [7, 11) is 1.73. The Bertz CT molecular complexity index is 522. The molecule has 1 aliphatic carbocycles. The van der Waals surface area contributed by atoms with E-state index in [2.05, 4.69) is 4.98 Å². The summed E-state index contributed by atoms with van der Waals surface area (Å²) < 4.78 is 5.78. The van der Waals surface area contributed by atoms with E-state index in [0.29, 0.717) is 19.3 Å². The quantitative estimate of drug-likeness (QED) is 0.916. The van der Waals surface area contributed by atoms with Gasteiger partial charge in [-0.15, -0.1) is 0 Å². The van der Waals surface area contributed by atoms with Crippen LogP contribution in [0.15, 0.2) is 24.5 Å². The monoisotopic (exact) mass is 304 g/mol. The third-order valence-electron chi connectivity index (χ3n) is 5.23. The second kappa shape index (κ2) is 6.34. The Labute approximate surface area is 131 Å². The molecule has 0 radical (unpaired) electrons. The van der Waals surface area contributed by atoms with Gasteiger partial charge in [0.05, 0.1) is 17.7 Å². The van der Waals surface area contributed by atoms with Crippen LogP contribution in [0.1, 0.15) is 37.7 Å². The predicted molar refractivity (Wildman–Crippen MR) is 82.3 cm³/mol. The first-order valence-electron chi connectivity index (χ1n) is 8.06. The van der Waals surface area contributed by atoms with Crippen LogP contribution in [0.25, 0.3) is 0 Å². The summed E-state index contributed by atoms with van der Waals surface area (Å²) in [5.41, 5.74) is 0.833. The van der Waals surface area contributed by atoms with Crippen LogP contribution < -0.4 is 0 Å². The molecule has 1 aliphatic heterocycles. The Balaban J connectivity index is 1.65. The number of rotatable bonds is 4. The van der Waals surface area contributed by atoms with Crippen LogP contribution in [0.5, 0.6) is 0 Å². The highest BCUT2D eigenvalue weighted by Gasteiger charge is 2.52. The summed E-state index contributed by atoms with van der Waals surface area (Å²) in [6.07, 6.45) is 7.52. The second-order valence-electron chi connectivity index (χ2n) is 6.41. The van der Waals surface area contributed by atoms with Crippen LogP contribution in [-0.2, 0) is 16.0 Å². The standard InChI is InChI=1S/C17H24N2O3/c1-22-17-7-6-14(20)11-15(17)19(10-8-17)16(21)5-4-13-3-2-9-18-12-13/h2-3,9,12,14-15,20H,4-8,10-11H2,1H3/t14-,15+,17-/m1/s1. The summed E-state index contributed by atoms with van der Waals surface area (Å²) >= 11 is 0. The number of aromatic nitrogens is 1. The smallest absolute Gasteiger partial charge is 0.223 e. The molecule has 0 aromatic carbocycles. The predicted octanol–water partition coefficient (Wildman–Crippen LogP) is 1.55. The van der Waals surface area contributed by atoms with Crippen molar-refractivity contribution in [2.24, 2.45) is 0 Å². The summed E-state index contributed by atoms with van der Waals surface area (Å²) in [5, 5.41) is 9.97. The van der Waals surface area contributed by atoms with E-state index in [-0.39, 0.29) is 23.7 Å². The lowest BCUT2D eigenvalue weighted by molar-refractivity contribution is -0.139. The SMILES string of the molecule is CO[C@@]12CC[C@@H](O)C[C@@H]1N(C(=O)CCc1cccnc1)CC2.